The highest BCUT2D eigenvalue weighted by Gasteiger charge is 2.50. The fraction of sp³-hybridized carbons (Fsp3) is 0.348. The van der Waals surface area contributed by atoms with Gasteiger partial charge >= 0.3 is 12.1 Å². The molecule has 0 aromatic heterocycles. The second-order valence-corrected chi connectivity index (χ2v) is 8.01. The molecule has 2 aromatic carbocycles. The molecule has 8 nitrogen and oxygen atoms in total. The van der Waals surface area contributed by atoms with Gasteiger partial charge in [0.1, 0.15) is 12.6 Å². The zero-order valence-electron chi connectivity index (χ0n) is 16.8. The van der Waals surface area contributed by atoms with Crippen LogP contribution in [0.3, 0.4) is 0 Å². The third kappa shape index (κ3) is 4.11. The predicted molar refractivity (Wildman–Crippen MR) is 111 cm³/mol. The lowest BCUT2D eigenvalue weighted by atomic mass is 9.98. The van der Waals surface area contributed by atoms with Crippen molar-refractivity contribution in [3.05, 3.63) is 59.7 Å². The van der Waals surface area contributed by atoms with Crippen LogP contribution in [-0.4, -0.2) is 54.0 Å². The minimum Gasteiger partial charge on any atom is -0.480 e. The van der Waals surface area contributed by atoms with Crippen molar-refractivity contribution in [2.75, 3.05) is 19.8 Å². The van der Waals surface area contributed by atoms with E-state index in [4.69, 9.17) is 14.9 Å². The number of carbonyl (C=O) groups is 3. The molecule has 1 saturated carbocycles. The SMILES string of the molecule is O=C(NCC1(C(=O)NC(CO)C(=O)O)CC1)OCC1c2ccccc2-c2ccccc21. The molecule has 8 heteroatoms. The first-order chi connectivity index (χ1) is 14.9. The topological polar surface area (TPSA) is 125 Å². The van der Waals surface area contributed by atoms with Crippen LogP contribution in [-0.2, 0) is 14.3 Å². The molecule has 0 radical (unpaired) electrons. The number of aliphatic hydroxyl groups excluding tert-OH is 1. The number of fused-ring (bicyclic) bond motifs is 3. The smallest absolute Gasteiger partial charge is 0.407 e. The lowest BCUT2D eigenvalue weighted by Gasteiger charge is -2.19. The first-order valence-corrected chi connectivity index (χ1v) is 10.2. The molecular weight excluding hydrogens is 400 g/mol. The zero-order chi connectivity index (χ0) is 22.0. The van der Waals surface area contributed by atoms with Gasteiger partial charge in [-0.25, -0.2) is 9.59 Å². The Labute approximate surface area is 179 Å². The standard InChI is InChI=1S/C23H24N2O6/c26-11-19(20(27)28)25-21(29)23(9-10-23)13-24-22(30)31-12-18-16-7-3-1-5-14(16)15-6-2-4-8-17(15)18/h1-8,18-19,26H,9-13H2,(H,24,30)(H,25,29)(H,27,28). The highest BCUT2D eigenvalue weighted by Crippen LogP contribution is 2.46. The second kappa shape index (κ2) is 8.39. The fourth-order valence-corrected chi connectivity index (χ4v) is 4.02. The Morgan fingerprint density at radius 2 is 1.61 bits per heavy atom. The van der Waals surface area contributed by atoms with Crippen molar-refractivity contribution in [3.63, 3.8) is 0 Å². The Kier molecular flexibility index (Phi) is 5.65. The molecule has 4 rings (SSSR count). The maximum Gasteiger partial charge on any atom is 0.407 e. The van der Waals surface area contributed by atoms with Crippen molar-refractivity contribution in [2.24, 2.45) is 5.41 Å². The van der Waals surface area contributed by atoms with Gasteiger partial charge in [0.2, 0.25) is 5.91 Å². The third-order valence-electron chi connectivity index (χ3n) is 6.04. The number of nitrogens with one attached hydrogen (secondary N) is 2. The molecule has 0 heterocycles. The lowest BCUT2D eigenvalue weighted by molar-refractivity contribution is -0.143. The van der Waals surface area contributed by atoms with Gasteiger partial charge in [-0.2, -0.15) is 0 Å². The number of alkyl carbamates (subject to hydrolysis) is 1. The number of ether oxygens (including phenoxy) is 1. The highest BCUT2D eigenvalue weighted by molar-refractivity contribution is 5.90. The Morgan fingerprint density at radius 3 is 2.13 bits per heavy atom. The number of aliphatic hydroxyl groups is 1. The van der Waals surface area contributed by atoms with E-state index in [1.165, 1.54) is 0 Å². The average molecular weight is 424 g/mol. The number of hydrogen-bond acceptors (Lipinski definition) is 5. The number of carboxylic acid groups (broad SMARTS) is 1. The normalized spacial score (nSPS) is 16.5. The van der Waals surface area contributed by atoms with Crippen LogP contribution >= 0.6 is 0 Å². The number of benzene rings is 2. The number of carboxylic acids is 1. The van der Waals surface area contributed by atoms with Crippen molar-refractivity contribution in [3.8, 4) is 11.1 Å². The number of amides is 2. The summed E-state index contributed by atoms with van der Waals surface area (Å²) in [4.78, 5) is 35.7. The first-order valence-electron chi connectivity index (χ1n) is 10.2. The summed E-state index contributed by atoms with van der Waals surface area (Å²) in [5, 5.41) is 23.0. The van der Waals surface area contributed by atoms with Crippen LogP contribution in [0.15, 0.2) is 48.5 Å². The third-order valence-corrected chi connectivity index (χ3v) is 6.04. The minimum absolute atomic E-state index is 0.0489. The summed E-state index contributed by atoms with van der Waals surface area (Å²) in [6.07, 6.45) is 0.429. The maximum atomic E-state index is 12.4. The zero-order valence-corrected chi connectivity index (χ0v) is 16.8. The summed E-state index contributed by atoms with van der Waals surface area (Å²) in [5.74, 6) is -1.86. The van der Waals surface area contributed by atoms with Crippen LogP contribution in [0, 0.1) is 5.41 Å². The van der Waals surface area contributed by atoms with E-state index in [1.54, 1.807) is 0 Å². The summed E-state index contributed by atoms with van der Waals surface area (Å²) in [6.45, 7) is -0.477. The lowest BCUT2D eigenvalue weighted by Crippen LogP contribution is -2.49. The highest BCUT2D eigenvalue weighted by atomic mass is 16.5. The number of hydrogen-bond donors (Lipinski definition) is 4. The Morgan fingerprint density at radius 1 is 1.03 bits per heavy atom. The van der Waals surface area contributed by atoms with E-state index >= 15 is 0 Å². The molecule has 1 atom stereocenters. The van der Waals surface area contributed by atoms with Crippen molar-refractivity contribution in [2.45, 2.75) is 24.8 Å². The fourth-order valence-electron chi connectivity index (χ4n) is 4.02. The predicted octanol–water partition coefficient (Wildman–Crippen LogP) is 1.87. The summed E-state index contributed by atoms with van der Waals surface area (Å²) in [7, 11) is 0. The molecular formula is C23H24N2O6. The van der Waals surface area contributed by atoms with E-state index in [2.05, 4.69) is 22.8 Å². The van der Waals surface area contributed by atoms with Gasteiger partial charge in [-0.3, -0.25) is 4.79 Å². The average Bonchev–Trinajstić information content (AvgIpc) is 3.51. The van der Waals surface area contributed by atoms with Crippen molar-refractivity contribution in [1.82, 2.24) is 10.6 Å². The number of carbonyl (C=O) groups excluding carboxylic acids is 2. The molecule has 1 fully saturated rings. The van der Waals surface area contributed by atoms with Crippen LogP contribution in [0.5, 0.6) is 0 Å². The second-order valence-electron chi connectivity index (χ2n) is 8.01. The van der Waals surface area contributed by atoms with Gasteiger partial charge in [-0.05, 0) is 35.1 Å². The van der Waals surface area contributed by atoms with Crippen molar-refractivity contribution < 1.29 is 29.3 Å². The Bertz CT molecular complexity index is 971. The Balaban J connectivity index is 1.33. The minimum atomic E-state index is -1.36. The maximum absolute atomic E-state index is 12.4. The molecule has 4 N–H and O–H groups in total. The van der Waals surface area contributed by atoms with Crippen LogP contribution in [0.1, 0.15) is 29.9 Å². The molecule has 0 bridgehead atoms. The van der Waals surface area contributed by atoms with Crippen molar-refractivity contribution in [1.29, 1.82) is 0 Å². The largest absolute Gasteiger partial charge is 0.480 e. The number of rotatable bonds is 8. The number of aliphatic carboxylic acids is 1. The van der Waals surface area contributed by atoms with E-state index in [-0.39, 0.29) is 19.1 Å². The molecule has 0 aliphatic heterocycles. The first kappa shape index (κ1) is 20.9. The van der Waals surface area contributed by atoms with Gasteiger partial charge < -0.3 is 25.6 Å². The molecule has 2 aliphatic carbocycles. The van der Waals surface area contributed by atoms with E-state index in [1.807, 2.05) is 36.4 Å². The van der Waals surface area contributed by atoms with E-state index in [0.29, 0.717) is 12.8 Å². The van der Waals surface area contributed by atoms with Gasteiger partial charge in [-0.15, -0.1) is 0 Å². The Hall–Kier alpha value is -3.39. The van der Waals surface area contributed by atoms with Gasteiger partial charge in [0.05, 0.1) is 12.0 Å². The van der Waals surface area contributed by atoms with Gasteiger partial charge in [0.15, 0.2) is 0 Å². The van der Waals surface area contributed by atoms with E-state index in [9.17, 15) is 14.4 Å². The monoisotopic (exact) mass is 424 g/mol. The molecule has 0 saturated heterocycles. The van der Waals surface area contributed by atoms with Crippen LogP contribution < -0.4 is 10.6 Å². The summed E-state index contributed by atoms with van der Waals surface area (Å²) < 4.78 is 5.47. The van der Waals surface area contributed by atoms with Gasteiger partial charge in [0, 0.05) is 12.5 Å². The molecule has 31 heavy (non-hydrogen) atoms. The van der Waals surface area contributed by atoms with Crippen LogP contribution in [0.4, 0.5) is 4.79 Å². The molecule has 1 unspecified atom stereocenters. The summed E-state index contributed by atoms with van der Waals surface area (Å²) in [5.41, 5.74) is 3.64. The molecule has 162 valence electrons. The van der Waals surface area contributed by atoms with Gasteiger partial charge in [-0.1, -0.05) is 48.5 Å². The van der Waals surface area contributed by atoms with E-state index < -0.39 is 36.0 Å². The van der Waals surface area contributed by atoms with E-state index in [0.717, 1.165) is 22.3 Å². The van der Waals surface area contributed by atoms with Gasteiger partial charge in [0.25, 0.3) is 0 Å². The molecule has 0 spiro atoms. The molecule has 2 amide bonds. The van der Waals surface area contributed by atoms with Crippen LogP contribution in [0.25, 0.3) is 11.1 Å². The quantitative estimate of drug-likeness (QED) is 0.513. The van der Waals surface area contributed by atoms with Crippen LogP contribution in [0.2, 0.25) is 0 Å². The molecule has 2 aliphatic rings. The summed E-state index contributed by atoms with van der Waals surface area (Å²) in [6, 6.07) is 14.7. The van der Waals surface area contributed by atoms with Crippen molar-refractivity contribution >= 4 is 18.0 Å². The molecule has 2 aromatic rings. The summed E-state index contributed by atoms with van der Waals surface area (Å²) >= 11 is 0.